The Morgan fingerprint density at radius 3 is 2.95 bits per heavy atom. The van der Waals surface area contributed by atoms with Crippen molar-refractivity contribution in [3.63, 3.8) is 0 Å². The third-order valence-electron chi connectivity index (χ3n) is 3.62. The fourth-order valence-electron chi connectivity index (χ4n) is 2.46. The van der Waals surface area contributed by atoms with Crippen molar-refractivity contribution in [2.24, 2.45) is 0 Å². The number of nitrogens with one attached hydrogen (secondary N) is 1. The predicted molar refractivity (Wildman–Crippen MR) is 78.0 cm³/mol. The quantitative estimate of drug-likeness (QED) is 0.860. The number of carbonyl (C=O) groups is 1. The number of rotatable bonds is 6. The lowest BCUT2D eigenvalue weighted by Crippen LogP contribution is -2.40. The number of hydrogen-bond donors (Lipinski definition) is 1. The highest BCUT2D eigenvalue weighted by molar-refractivity contribution is 5.96. The zero-order chi connectivity index (χ0) is 14.4. The first-order chi connectivity index (χ1) is 9.72. The van der Waals surface area contributed by atoms with E-state index in [1.807, 2.05) is 6.92 Å². The van der Waals surface area contributed by atoms with Crippen LogP contribution in [0.3, 0.4) is 0 Å². The molecule has 1 aromatic rings. The van der Waals surface area contributed by atoms with E-state index in [0.29, 0.717) is 30.6 Å². The van der Waals surface area contributed by atoms with Gasteiger partial charge in [-0.15, -0.1) is 0 Å². The molecule has 1 N–H and O–H groups in total. The fourth-order valence-corrected chi connectivity index (χ4v) is 2.46. The van der Waals surface area contributed by atoms with Crippen LogP contribution in [0.25, 0.3) is 0 Å². The van der Waals surface area contributed by atoms with E-state index >= 15 is 0 Å². The van der Waals surface area contributed by atoms with E-state index in [1.54, 1.807) is 18.3 Å². The largest absolute Gasteiger partial charge is 0.477 e. The minimum Gasteiger partial charge on any atom is -0.477 e. The summed E-state index contributed by atoms with van der Waals surface area (Å²) in [4.78, 5) is 18.7. The van der Waals surface area contributed by atoms with Gasteiger partial charge in [0, 0.05) is 18.8 Å². The van der Waals surface area contributed by atoms with E-state index in [9.17, 15) is 4.79 Å². The molecule has 2 heterocycles. The van der Waals surface area contributed by atoms with Gasteiger partial charge in [-0.25, -0.2) is 4.98 Å². The molecule has 1 aliphatic rings. The highest BCUT2D eigenvalue weighted by Crippen LogP contribution is 2.14. The van der Waals surface area contributed by atoms with Crippen LogP contribution in [0.1, 0.15) is 37.0 Å². The first kappa shape index (κ1) is 14.8. The molecule has 0 spiro atoms. The normalized spacial score (nSPS) is 16.9. The van der Waals surface area contributed by atoms with Crippen molar-refractivity contribution in [2.75, 3.05) is 26.2 Å². The minimum absolute atomic E-state index is 0.118. The van der Waals surface area contributed by atoms with Crippen LogP contribution in [0.15, 0.2) is 18.3 Å². The number of nitrogens with zero attached hydrogens (tertiary/aromatic N) is 2. The highest BCUT2D eigenvalue weighted by atomic mass is 16.5. The molecule has 1 aromatic heterocycles. The van der Waals surface area contributed by atoms with E-state index in [4.69, 9.17) is 4.74 Å². The molecular weight excluding hydrogens is 254 g/mol. The highest BCUT2D eigenvalue weighted by Gasteiger charge is 2.19. The van der Waals surface area contributed by atoms with Crippen LogP contribution >= 0.6 is 0 Å². The van der Waals surface area contributed by atoms with Gasteiger partial charge in [-0.1, -0.05) is 0 Å². The van der Waals surface area contributed by atoms with E-state index in [0.717, 1.165) is 13.1 Å². The van der Waals surface area contributed by atoms with E-state index in [2.05, 4.69) is 22.1 Å². The van der Waals surface area contributed by atoms with Gasteiger partial charge in [-0.05, 0) is 51.9 Å². The summed E-state index contributed by atoms with van der Waals surface area (Å²) in [6.07, 6.45) is 4.15. The number of amides is 1. The topological polar surface area (TPSA) is 54.5 Å². The Bertz CT molecular complexity index is 444. The van der Waals surface area contributed by atoms with Crippen LogP contribution < -0.4 is 10.1 Å². The zero-order valence-electron chi connectivity index (χ0n) is 12.3. The molecule has 0 aliphatic carbocycles. The second-order valence-corrected chi connectivity index (χ2v) is 5.09. The van der Waals surface area contributed by atoms with Gasteiger partial charge < -0.3 is 10.1 Å². The first-order valence-corrected chi connectivity index (χ1v) is 7.32. The fraction of sp³-hybridized carbons (Fsp3) is 0.600. The smallest absolute Gasteiger partial charge is 0.256 e. The predicted octanol–water partition coefficient (Wildman–Crippen LogP) is 1.69. The van der Waals surface area contributed by atoms with Crippen LogP contribution in [0.4, 0.5) is 0 Å². The molecule has 1 fully saturated rings. The molecule has 110 valence electrons. The number of carbonyl (C=O) groups excluding carboxylic acids is 1. The molecular formula is C15H23N3O2. The molecule has 1 saturated heterocycles. The van der Waals surface area contributed by atoms with Crippen LogP contribution in [0.5, 0.6) is 5.88 Å². The molecule has 2 rings (SSSR count). The van der Waals surface area contributed by atoms with Gasteiger partial charge in [0.15, 0.2) is 0 Å². The Labute approximate surface area is 120 Å². The maximum atomic E-state index is 12.2. The number of hydrogen-bond acceptors (Lipinski definition) is 4. The Kier molecular flexibility index (Phi) is 5.35. The molecule has 0 aromatic carbocycles. The number of pyridine rings is 1. The third kappa shape index (κ3) is 3.70. The molecule has 1 aliphatic heterocycles. The lowest BCUT2D eigenvalue weighted by atomic mass is 10.2. The Balaban J connectivity index is 1.91. The van der Waals surface area contributed by atoms with Gasteiger partial charge in [0.1, 0.15) is 5.56 Å². The van der Waals surface area contributed by atoms with Crippen molar-refractivity contribution in [1.29, 1.82) is 0 Å². The molecule has 5 heteroatoms. The second kappa shape index (κ2) is 7.24. The summed E-state index contributed by atoms with van der Waals surface area (Å²) in [5.74, 6) is 0.286. The summed E-state index contributed by atoms with van der Waals surface area (Å²) in [5, 5.41) is 2.97. The van der Waals surface area contributed by atoms with Crippen LogP contribution in [-0.2, 0) is 0 Å². The lowest BCUT2D eigenvalue weighted by molar-refractivity contribution is 0.0935. The zero-order valence-corrected chi connectivity index (χ0v) is 12.3. The van der Waals surface area contributed by atoms with Crippen LogP contribution in [0.2, 0.25) is 0 Å². The molecule has 5 nitrogen and oxygen atoms in total. The van der Waals surface area contributed by atoms with Gasteiger partial charge in [0.2, 0.25) is 5.88 Å². The molecule has 1 amide bonds. The molecule has 1 atom stereocenters. The van der Waals surface area contributed by atoms with Gasteiger partial charge in [0.25, 0.3) is 5.91 Å². The van der Waals surface area contributed by atoms with E-state index in [1.165, 1.54) is 12.8 Å². The van der Waals surface area contributed by atoms with Gasteiger partial charge in [-0.2, -0.15) is 0 Å². The van der Waals surface area contributed by atoms with Crippen molar-refractivity contribution in [2.45, 2.75) is 32.7 Å². The first-order valence-electron chi connectivity index (χ1n) is 7.32. The van der Waals surface area contributed by atoms with Crippen molar-refractivity contribution < 1.29 is 9.53 Å². The average molecular weight is 277 g/mol. The number of ether oxygens (including phenoxy) is 1. The Morgan fingerprint density at radius 2 is 2.25 bits per heavy atom. The molecule has 0 bridgehead atoms. The van der Waals surface area contributed by atoms with Crippen LogP contribution in [-0.4, -0.2) is 48.1 Å². The molecule has 0 saturated carbocycles. The van der Waals surface area contributed by atoms with Crippen molar-refractivity contribution >= 4 is 5.91 Å². The summed E-state index contributed by atoms with van der Waals surface area (Å²) in [6.45, 7) is 7.45. The lowest BCUT2D eigenvalue weighted by Gasteiger charge is -2.23. The summed E-state index contributed by atoms with van der Waals surface area (Å²) >= 11 is 0. The standard InChI is InChI=1S/C15H23N3O2/c1-3-20-15-13(7-6-8-16-15)14(19)17-11-12(2)18-9-4-5-10-18/h6-8,12H,3-5,9-11H2,1-2H3,(H,17,19)/t12-/m1/s1. The summed E-state index contributed by atoms with van der Waals surface area (Å²) in [7, 11) is 0. The summed E-state index contributed by atoms with van der Waals surface area (Å²) in [5.41, 5.74) is 0.503. The van der Waals surface area contributed by atoms with E-state index in [-0.39, 0.29) is 5.91 Å². The van der Waals surface area contributed by atoms with Crippen LogP contribution in [0, 0.1) is 0 Å². The molecule has 0 radical (unpaired) electrons. The average Bonchev–Trinajstić information content (AvgIpc) is 2.99. The van der Waals surface area contributed by atoms with Crippen molar-refractivity contribution in [3.05, 3.63) is 23.9 Å². The second-order valence-electron chi connectivity index (χ2n) is 5.09. The number of aromatic nitrogens is 1. The Morgan fingerprint density at radius 1 is 1.50 bits per heavy atom. The molecule has 20 heavy (non-hydrogen) atoms. The van der Waals surface area contributed by atoms with Gasteiger partial charge in [-0.3, -0.25) is 9.69 Å². The maximum absolute atomic E-state index is 12.2. The van der Waals surface area contributed by atoms with Gasteiger partial charge in [0.05, 0.1) is 6.61 Å². The minimum atomic E-state index is -0.118. The monoisotopic (exact) mass is 277 g/mol. The SMILES string of the molecule is CCOc1ncccc1C(=O)NC[C@@H](C)N1CCCC1. The number of likely N-dealkylation sites (tertiary alicyclic amines) is 1. The van der Waals surface area contributed by atoms with E-state index < -0.39 is 0 Å². The molecule has 0 unspecified atom stereocenters. The maximum Gasteiger partial charge on any atom is 0.256 e. The van der Waals surface area contributed by atoms with Crippen molar-refractivity contribution in [3.8, 4) is 5.88 Å². The van der Waals surface area contributed by atoms with Crippen molar-refractivity contribution in [1.82, 2.24) is 15.2 Å². The Hall–Kier alpha value is -1.62. The summed E-state index contributed by atoms with van der Waals surface area (Å²) in [6, 6.07) is 3.86. The third-order valence-corrected chi connectivity index (χ3v) is 3.62. The van der Waals surface area contributed by atoms with Gasteiger partial charge >= 0.3 is 0 Å². The summed E-state index contributed by atoms with van der Waals surface area (Å²) < 4.78 is 5.38.